The van der Waals surface area contributed by atoms with Gasteiger partial charge >= 0.3 is 5.97 Å². The van der Waals surface area contributed by atoms with Crippen LogP contribution in [0.3, 0.4) is 0 Å². The molecule has 0 amide bonds. The number of nitrogens with zero attached hydrogens (tertiary/aromatic N) is 3. The molecule has 6 nitrogen and oxygen atoms in total. The molecule has 106 valence electrons. The van der Waals surface area contributed by atoms with Gasteiger partial charge in [-0.15, -0.1) is 0 Å². The highest BCUT2D eigenvalue weighted by Gasteiger charge is 2.13. The van der Waals surface area contributed by atoms with Crippen molar-refractivity contribution in [1.29, 1.82) is 0 Å². The zero-order valence-corrected chi connectivity index (χ0v) is 12.5. The summed E-state index contributed by atoms with van der Waals surface area (Å²) in [7, 11) is 1.88. The van der Waals surface area contributed by atoms with E-state index in [0.29, 0.717) is 21.6 Å². The predicted molar refractivity (Wildman–Crippen MR) is 79.7 cm³/mol. The van der Waals surface area contributed by atoms with Crippen molar-refractivity contribution in [3.8, 4) is 11.6 Å². The van der Waals surface area contributed by atoms with Crippen molar-refractivity contribution >= 4 is 32.9 Å². The second kappa shape index (κ2) is 5.17. The van der Waals surface area contributed by atoms with Gasteiger partial charge in [0.15, 0.2) is 5.52 Å². The van der Waals surface area contributed by atoms with Crippen LogP contribution < -0.4 is 4.74 Å². The number of carboxylic acids is 1. The predicted octanol–water partition coefficient (Wildman–Crippen LogP) is 3.22. The number of fused-ring (bicyclic) bond motifs is 1. The molecule has 1 N–H and O–H groups in total. The maximum atomic E-state index is 11.0. The Hall–Kier alpha value is -2.41. The molecule has 0 unspecified atom stereocenters. The fourth-order valence-corrected chi connectivity index (χ4v) is 2.26. The first-order valence-corrected chi connectivity index (χ1v) is 6.82. The van der Waals surface area contributed by atoms with Gasteiger partial charge in [-0.25, -0.2) is 14.8 Å². The summed E-state index contributed by atoms with van der Waals surface area (Å²) in [5, 5.41) is 9.04. The Kier molecular flexibility index (Phi) is 3.34. The lowest BCUT2D eigenvalue weighted by atomic mass is 10.2. The Morgan fingerprint density at radius 1 is 1.33 bits per heavy atom. The van der Waals surface area contributed by atoms with E-state index in [1.165, 1.54) is 12.1 Å². The van der Waals surface area contributed by atoms with Crippen LogP contribution in [0.4, 0.5) is 0 Å². The molecule has 0 aliphatic rings. The average molecular weight is 348 g/mol. The number of benzene rings is 1. The van der Waals surface area contributed by atoms with Crippen LogP contribution in [0, 0.1) is 0 Å². The van der Waals surface area contributed by atoms with Crippen molar-refractivity contribution in [2.45, 2.75) is 0 Å². The quantitative estimate of drug-likeness (QED) is 0.786. The van der Waals surface area contributed by atoms with E-state index < -0.39 is 5.97 Å². The number of hydrogen-bond donors (Lipinski definition) is 1. The Bertz CT molecular complexity index is 845. The van der Waals surface area contributed by atoms with Crippen molar-refractivity contribution in [3.63, 3.8) is 0 Å². The van der Waals surface area contributed by atoms with E-state index in [1.807, 2.05) is 17.7 Å². The monoisotopic (exact) mass is 347 g/mol. The number of halogens is 1. The van der Waals surface area contributed by atoms with Gasteiger partial charge in [-0.05, 0) is 40.2 Å². The number of pyridine rings is 1. The molecular formula is C14H10BrN3O3. The number of aryl methyl sites for hydroxylation is 1. The van der Waals surface area contributed by atoms with Crippen LogP contribution in [0.2, 0.25) is 0 Å². The second-order valence-electron chi connectivity index (χ2n) is 4.39. The molecule has 0 bridgehead atoms. The molecule has 0 atom stereocenters. The van der Waals surface area contributed by atoms with Gasteiger partial charge in [0, 0.05) is 13.2 Å². The Morgan fingerprint density at radius 2 is 2.14 bits per heavy atom. The van der Waals surface area contributed by atoms with E-state index in [0.717, 1.165) is 5.52 Å². The van der Waals surface area contributed by atoms with Crippen LogP contribution >= 0.6 is 15.9 Å². The summed E-state index contributed by atoms with van der Waals surface area (Å²) >= 11 is 3.33. The zero-order valence-electron chi connectivity index (χ0n) is 10.9. The van der Waals surface area contributed by atoms with Crippen LogP contribution in [0.25, 0.3) is 11.0 Å². The Morgan fingerprint density at radius 3 is 2.90 bits per heavy atom. The lowest BCUT2D eigenvalue weighted by Gasteiger charge is -2.08. The number of aromatic nitrogens is 3. The number of imidazole rings is 1. The number of carbonyl (C=O) groups is 1. The third-order valence-corrected chi connectivity index (χ3v) is 3.65. The largest absolute Gasteiger partial charge is 0.478 e. The molecule has 7 heteroatoms. The number of carboxylic acid groups (broad SMARTS) is 1. The minimum absolute atomic E-state index is 0.140. The maximum absolute atomic E-state index is 11.0. The van der Waals surface area contributed by atoms with Gasteiger partial charge in [0.05, 0.1) is 21.9 Å². The van der Waals surface area contributed by atoms with Gasteiger partial charge < -0.3 is 14.4 Å². The molecule has 0 radical (unpaired) electrons. The van der Waals surface area contributed by atoms with Crippen LogP contribution in [0.5, 0.6) is 11.6 Å². The van der Waals surface area contributed by atoms with E-state index in [1.54, 1.807) is 18.6 Å². The smallest absolute Gasteiger partial charge is 0.335 e. The number of aromatic carboxylic acids is 1. The first-order chi connectivity index (χ1) is 10.1. The molecule has 0 saturated heterocycles. The van der Waals surface area contributed by atoms with E-state index in [-0.39, 0.29) is 5.56 Å². The molecular weight excluding hydrogens is 338 g/mol. The summed E-state index contributed by atoms with van der Waals surface area (Å²) in [6.45, 7) is 0. The topological polar surface area (TPSA) is 77.2 Å². The van der Waals surface area contributed by atoms with Crippen LogP contribution in [0.1, 0.15) is 10.4 Å². The van der Waals surface area contributed by atoms with Crippen LogP contribution in [-0.2, 0) is 7.05 Å². The van der Waals surface area contributed by atoms with Gasteiger partial charge in [0.1, 0.15) is 5.75 Å². The summed E-state index contributed by atoms with van der Waals surface area (Å²) in [6.07, 6.45) is 3.29. The normalized spacial score (nSPS) is 10.8. The molecule has 0 spiro atoms. The van der Waals surface area contributed by atoms with Gasteiger partial charge in [-0.3, -0.25) is 0 Å². The molecule has 0 aliphatic heterocycles. The lowest BCUT2D eigenvalue weighted by molar-refractivity contribution is 0.0696. The van der Waals surface area contributed by atoms with Crippen molar-refractivity contribution in [2.24, 2.45) is 7.05 Å². The minimum Gasteiger partial charge on any atom is -0.478 e. The fraction of sp³-hybridized carbons (Fsp3) is 0.0714. The molecule has 3 rings (SSSR count). The SMILES string of the molecule is Cn1cnc2c(Oc3cc(C(=O)O)ccc3Br)nccc21. The third kappa shape index (κ3) is 2.47. The molecule has 2 aromatic heterocycles. The summed E-state index contributed by atoms with van der Waals surface area (Å²) in [5.74, 6) is -0.312. The van der Waals surface area contributed by atoms with Crippen molar-refractivity contribution in [3.05, 3.63) is 46.8 Å². The second-order valence-corrected chi connectivity index (χ2v) is 5.25. The number of rotatable bonds is 3. The van der Waals surface area contributed by atoms with Gasteiger partial charge in [0.25, 0.3) is 0 Å². The molecule has 21 heavy (non-hydrogen) atoms. The third-order valence-electron chi connectivity index (χ3n) is 2.99. The summed E-state index contributed by atoms with van der Waals surface area (Å²) in [4.78, 5) is 19.4. The number of ether oxygens (including phenoxy) is 1. The van der Waals surface area contributed by atoms with Gasteiger partial charge in [-0.1, -0.05) is 0 Å². The molecule has 0 fully saturated rings. The molecule has 2 heterocycles. The van der Waals surface area contributed by atoms with E-state index in [4.69, 9.17) is 9.84 Å². The van der Waals surface area contributed by atoms with Crippen molar-refractivity contribution in [1.82, 2.24) is 14.5 Å². The van der Waals surface area contributed by atoms with E-state index in [2.05, 4.69) is 25.9 Å². The highest BCUT2D eigenvalue weighted by Crippen LogP contribution is 2.32. The first kappa shape index (κ1) is 13.6. The lowest BCUT2D eigenvalue weighted by Crippen LogP contribution is -1.97. The summed E-state index contributed by atoms with van der Waals surface area (Å²) in [6, 6.07) is 6.39. The summed E-state index contributed by atoms with van der Waals surface area (Å²) < 4.78 is 8.22. The standard InChI is InChI=1S/C14H10BrN3O3/c1-18-7-17-12-10(18)4-5-16-13(12)21-11-6-8(14(19)20)2-3-9(11)15/h2-7H,1H3,(H,19,20). The molecule has 0 saturated carbocycles. The first-order valence-electron chi connectivity index (χ1n) is 6.03. The van der Waals surface area contributed by atoms with Gasteiger partial charge in [-0.2, -0.15) is 0 Å². The van der Waals surface area contributed by atoms with Crippen LogP contribution in [-0.4, -0.2) is 25.6 Å². The van der Waals surface area contributed by atoms with Crippen molar-refractivity contribution in [2.75, 3.05) is 0 Å². The van der Waals surface area contributed by atoms with Crippen LogP contribution in [0.15, 0.2) is 41.3 Å². The van der Waals surface area contributed by atoms with E-state index >= 15 is 0 Å². The highest BCUT2D eigenvalue weighted by atomic mass is 79.9. The maximum Gasteiger partial charge on any atom is 0.335 e. The minimum atomic E-state index is -1.02. The molecule has 0 aliphatic carbocycles. The number of hydrogen-bond acceptors (Lipinski definition) is 4. The van der Waals surface area contributed by atoms with Gasteiger partial charge in [0.2, 0.25) is 5.88 Å². The highest BCUT2D eigenvalue weighted by molar-refractivity contribution is 9.10. The molecule has 1 aromatic carbocycles. The fourth-order valence-electron chi connectivity index (χ4n) is 1.93. The Balaban J connectivity index is 2.06. The Labute approximate surface area is 128 Å². The summed E-state index contributed by atoms with van der Waals surface area (Å²) in [5.41, 5.74) is 1.64. The molecule has 3 aromatic rings. The van der Waals surface area contributed by atoms with Crippen molar-refractivity contribution < 1.29 is 14.6 Å². The zero-order chi connectivity index (χ0) is 15.0. The average Bonchev–Trinajstić information content (AvgIpc) is 2.84. The van der Waals surface area contributed by atoms with E-state index in [9.17, 15) is 4.79 Å².